The third kappa shape index (κ3) is 3.32. The Morgan fingerprint density at radius 2 is 1.92 bits per heavy atom. The maximum absolute atomic E-state index is 13.1. The van der Waals surface area contributed by atoms with Crippen LogP contribution in [0.5, 0.6) is 0 Å². The predicted molar refractivity (Wildman–Crippen MR) is 98.1 cm³/mol. The van der Waals surface area contributed by atoms with E-state index in [-0.39, 0.29) is 17.9 Å². The molecule has 24 heavy (non-hydrogen) atoms. The van der Waals surface area contributed by atoms with E-state index in [9.17, 15) is 9.59 Å². The summed E-state index contributed by atoms with van der Waals surface area (Å²) in [6, 6.07) is 8.26. The molecule has 5 heteroatoms. The highest BCUT2D eigenvalue weighted by atomic mass is 32.2. The number of carbonyl (C=O) groups excluding carboxylic acids is 2. The number of hydrogen-bond donors (Lipinski definition) is 1. The predicted octanol–water partition coefficient (Wildman–Crippen LogP) is 2.40. The summed E-state index contributed by atoms with van der Waals surface area (Å²) in [5, 5.41) is 2.94. The highest BCUT2D eigenvalue weighted by Gasteiger charge is 2.40. The van der Waals surface area contributed by atoms with Gasteiger partial charge in [0.25, 0.3) is 0 Å². The lowest BCUT2D eigenvalue weighted by molar-refractivity contribution is -0.138. The van der Waals surface area contributed by atoms with E-state index in [0.717, 1.165) is 25.8 Å². The van der Waals surface area contributed by atoms with Gasteiger partial charge in [-0.05, 0) is 44.2 Å². The van der Waals surface area contributed by atoms with Crippen molar-refractivity contribution in [3.63, 3.8) is 0 Å². The number of thioether (sulfide) groups is 1. The molecule has 1 heterocycles. The number of hydrogen-bond acceptors (Lipinski definition) is 3. The molecule has 0 unspecified atom stereocenters. The summed E-state index contributed by atoms with van der Waals surface area (Å²) in [5.74, 6) is 0.687. The Morgan fingerprint density at radius 3 is 2.46 bits per heavy atom. The zero-order valence-corrected chi connectivity index (χ0v) is 15.5. The molecule has 0 spiro atoms. The number of amides is 2. The largest absolute Gasteiger partial charge is 0.342 e. The number of rotatable bonds is 4. The van der Waals surface area contributed by atoms with Crippen LogP contribution in [-0.2, 0) is 22.4 Å². The highest BCUT2D eigenvalue weighted by molar-refractivity contribution is 8.01. The highest BCUT2D eigenvalue weighted by Crippen LogP contribution is 2.31. The monoisotopic (exact) mass is 346 g/mol. The van der Waals surface area contributed by atoms with Gasteiger partial charge in [0.15, 0.2) is 0 Å². The fraction of sp³-hybridized carbons (Fsp3) is 0.579. The van der Waals surface area contributed by atoms with E-state index in [0.29, 0.717) is 5.75 Å². The second-order valence-electron chi connectivity index (χ2n) is 7.21. The van der Waals surface area contributed by atoms with Gasteiger partial charge in [0, 0.05) is 18.3 Å². The van der Waals surface area contributed by atoms with Gasteiger partial charge in [-0.25, -0.2) is 0 Å². The average Bonchev–Trinajstić information content (AvgIpc) is 2.98. The second kappa shape index (κ2) is 6.79. The maximum Gasteiger partial charge on any atom is 0.246 e. The molecular weight excluding hydrogens is 320 g/mol. The molecule has 0 radical (unpaired) electrons. The summed E-state index contributed by atoms with van der Waals surface area (Å²) in [5.41, 5.74) is 2.69. The van der Waals surface area contributed by atoms with E-state index in [4.69, 9.17) is 0 Å². The van der Waals surface area contributed by atoms with Crippen molar-refractivity contribution in [2.75, 3.05) is 12.3 Å². The van der Waals surface area contributed by atoms with Gasteiger partial charge in [0.1, 0.15) is 6.04 Å². The third-order valence-corrected chi connectivity index (χ3v) is 6.39. The van der Waals surface area contributed by atoms with Crippen LogP contribution in [0, 0.1) is 0 Å². The van der Waals surface area contributed by atoms with E-state index in [1.807, 2.05) is 18.7 Å². The Bertz CT molecular complexity index is 619. The number of benzene rings is 1. The molecule has 1 saturated heterocycles. The molecule has 1 fully saturated rings. The minimum absolute atomic E-state index is 0.0387. The summed E-state index contributed by atoms with van der Waals surface area (Å²) >= 11 is 1.57. The van der Waals surface area contributed by atoms with Crippen LogP contribution in [0.2, 0.25) is 0 Å². The minimum atomic E-state index is -0.448. The molecule has 130 valence electrons. The van der Waals surface area contributed by atoms with Crippen LogP contribution >= 0.6 is 11.8 Å². The Morgan fingerprint density at radius 1 is 1.29 bits per heavy atom. The second-order valence-corrected chi connectivity index (χ2v) is 8.85. The fourth-order valence-electron chi connectivity index (χ4n) is 3.53. The zero-order valence-electron chi connectivity index (χ0n) is 14.7. The molecule has 1 aromatic carbocycles. The molecule has 1 aliphatic carbocycles. The first-order valence-corrected chi connectivity index (χ1v) is 9.73. The maximum atomic E-state index is 13.1. The Hall–Kier alpha value is -1.49. The molecular formula is C19H26N2O2S. The fourth-order valence-corrected chi connectivity index (χ4v) is 4.53. The third-order valence-electron chi connectivity index (χ3n) is 4.98. The van der Waals surface area contributed by atoms with Gasteiger partial charge in [-0.3, -0.25) is 9.59 Å². The van der Waals surface area contributed by atoms with Gasteiger partial charge in [-0.15, -0.1) is 11.8 Å². The quantitative estimate of drug-likeness (QED) is 0.911. The van der Waals surface area contributed by atoms with Gasteiger partial charge in [-0.2, -0.15) is 0 Å². The normalized spacial score (nSPS) is 22.8. The summed E-state index contributed by atoms with van der Waals surface area (Å²) in [6.07, 6.45) is 2.76. The summed E-state index contributed by atoms with van der Waals surface area (Å²) in [7, 11) is 0. The van der Waals surface area contributed by atoms with Crippen molar-refractivity contribution in [3.05, 3.63) is 35.4 Å². The smallest absolute Gasteiger partial charge is 0.246 e. The Labute approximate surface area is 148 Å². The lowest BCUT2D eigenvalue weighted by Gasteiger charge is -2.37. The van der Waals surface area contributed by atoms with Crippen molar-refractivity contribution in [2.45, 2.75) is 56.9 Å². The molecule has 4 nitrogen and oxygen atoms in total. The van der Waals surface area contributed by atoms with E-state index >= 15 is 0 Å². The van der Waals surface area contributed by atoms with Crippen LogP contribution in [0.4, 0.5) is 0 Å². The average molecular weight is 346 g/mol. The SMILES string of the molecule is CCCN(C(=O)[C@H]1CSC(C)(C)C(=O)N1)C1Cc2ccccc2C1. The molecule has 1 atom stereocenters. The standard InChI is InChI=1S/C19H26N2O2S/c1-4-9-21(15-10-13-7-5-6-8-14(13)11-15)17(22)16-12-24-19(2,3)18(23)20-16/h5-8,15-16H,4,9-12H2,1-3H3,(H,20,23)/t16-/m1/s1. The van der Waals surface area contributed by atoms with Gasteiger partial charge < -0.3 is 10.2 Å². The number of carbonyl (C=O) groups is 2. The van der Waals surface area contributed by atoms with Crippen LogP contribution in [0.15, 0.2) is 24.3 Å². The van der Waals surface area contributed by atoms with Crippen LogP contribution in [0.1, 0.15) is 38.3 Å². The molecule has 1 aromatic rings. The number of fused-ring (bicyclic) bond motifs is 1. The van der Waals surface area contributed by atoms with Gasteiger partial charge in [0.05, 0.1) is 4.75 Å². The van der Waals surface area contributed by atoms with Crippen molar-refractivity contribution in [1.29, 1.82) is 0 Å². The van der Waals surface area contributed by atoms with E-state index in [1.54, 1.807) is 11.8 Å². The van der Waals surface area contributed by atoms with Gasteiger partial charge >= 0.3 is 0 Å². The summed E-state index contributed by atoms with van der Waals surface area (Å²) in [4.78, 5) is 27.3. The van der Waals surface area contributed by atoms with Crippen molar-refractivity contribution < 1.29 is 9.59 Å². The lowest BCUT2D eigenvalue weighted by atomic mass is 10.1. The molecule has 3 rings (SSSR count). The van der Waals surface area contributed by atoms with Gasteiger partial charge in [-0.1, -0.05) is 31.2 Å². The molecule has 1 N–H and O–H groups in total. The van der Waals surface area contributed by atoms with Crippen LogP contribution < -0.4 is 5.32 Å². The zero-order chi connectivity index (χ0) is 17.3. The Kier molecular flexibility index (Phi) is 4.90. The Balaban J connectivity index is 1.72. The molecule has 0 saturated carbocycles. The molecule has 1 aliphatic heterocycles. The van der Waals surface area contributed by atoms with E-state index < -0.39 is 10.8 Å². The number of nitrogens with zero attached hydrogens (tertiary/aromatic N) is 1. The van der Waals surface area contributed by atoms with Crippen molar-refractivity contribution in [3.8, 4) is 0 Å². The molecule has 0 aromatic heterocycles. The first-order chi connectivity index (χ1) is 11.4. The summed E-state index contributed by atoms with van der Waals surface area (Å²) < 4.78 is -0.448. The molecule has 2 aliphatic rings. The van der Waals surface area contributed by atoms with Crippen molar-refractivity contribution in [2.24, 2.45) is 0 Å². The first-order valence-electron chi connectivity index (χ1n) is 8.74. The van der Waals surface area contributed by atoms with Crippen LogP contribution in [0.25, 0.3) is 0 Å². The number of nitrogens with one attached hydrogen (secondary N) is 1. The lowest BCUT2D eigenvalue weighted by Crippen LogP contribution is -2.59. The van der Waals surface area contributed by atoms with Crippen LogP contribution in [0.3, 0.4) is 0 Å². The van der Waals surface area contributed by atoms with Crippen LogP contribution in [-0.4, -0.2) is 45.8 Å². The van der Waals surface area contributed by atoms with E-state index in [1.165, 1.54) is 11.1 Å². The van der Waals surface area contributed by atoms with Crippen molar-refractivity contribution in [1.82, 2.24) is 10.2 Å². The van der Waals surface area contributed by atoms with Gasteiger partial charge in [0.2, 0.25) is 11.8 Å². The topological polar surface area (TPSA) is 49.4 Å². The first kappa shape index (κ1) is 17.3. The summed E-state index contributed by atoms with van der Waals surface area (Å²) in [6.45, 7) is 6.66. The molecule has 0 bridgehead atoms. The minimum Gasteiger partial charge on any atom is -0.342 e. The van der Waals surface area contributed by atoms with E-state index in [2.05, 4.69) is 36.5 Å². The van der Waals surface area contributed by atoms with Crippen molar-refractivity contribution >= 4 is 23.6 Å². The molecule has 2 amide bonds.